The van der Waals surface area contributed by atoms with Gasteiger partial charge in [0.2, 0.25) is 0 Å². The first-order valence-corrected chi connectivity index (χ1v) is 5.96. The molecule has 2 aromatic rings. The zero-order valence-corrected chi connectivity index (χ0v) is 10.3. The van der Waals surface area contributed by atoms with E-state index in [2.05, 4.69) is 0 Å². The van der Waals surface area contributed by atoms with Crippen molar-refractivity contribution < 1.29 is 14.3 Å². The Bertz CT molecular complexity index is 573. The van der Waals surface area contributed by atoms with Crippen molar-refractivity contribution >= 4 is 11.0 Å². The SMILES string of the molecule is CC(CO)CCOc1ccc2ccc(=O)oc2c1. The van der Waals surface area contributed by atoms with Gasteiger partial charge in [-0.2, -0.15) is 0 Å². The average molecular weight is 248 g/mol. The molecule has 0 spiro atoms. The van der Waals surface area contributed by atoms with Crippen molar-refractivity contribution in [2.75, 3.05) is 13.2 Å². The fraction of sp³-hybridized carbons (Fsp3) is 0.357. The Morgan fingerprint density at radius 2 is 2.11 bits per heavy atom. The molecule has 0 amide bonds. The first kappa shape index (κ1) is 12.6. The van der Waals surface area contributed by atoms with E-state index in [1.54, 1.807) is 12.1 Å². The standard InChI is InChI=1S/C14H16O4/c1-10(9-15)6-7-17-12-4-2-11-3-5-14(16)18-13(11)8-12/h2-5,8,10,15H,6-7,9H2,1H3. The summed E-state index contributed by atoms with van der Waals surface area (Å²) in [5, 5.41) is 9.76. The number of hydrogen-bond acceptors (Lipinski definition) is 4. The van der Waals surface area contributed by atoms with E-state index in [0.717, 1.165) is 11.8 Å². The van der Waals surface area contributed by atoms with E-state index in [9.17, 15) is 4.79 Å². The van der Waals surface area contributed by atoms with Crippen LogP contribution in [-0.4, -0.2) is 18.3 Å². The molecule has 1 aromatic carbocycles. The second kappa shape index (κ2) is 5.69. The van der Waals surface area contributed by atoms with E-state index in [1.165, 1.54) is 6.07 Å². The van der Waals surface area contributed by atoms with E-state index >= 15 is 0 Å². The number of fused-ring (bicyclic) bond motifs is 1. The smallest absolute Gasteiger partial charge is 0.336 e. The Morgan fingerprint density at radius 1 is 1.33 bits per heavy atom. The Balaban J connectivity index is 2.07. The van der Waals surface area contributed by atoms with Crippen molar-refractivity contribution in [1.82, 2.24) is 0 Å². The summed E-state index contributed by atoms with van der Waals surface area (Å²) in [6.07, 6.45) is 0.785. The molecule has 1 heterocycles. The molecule has 1 N–H and O–H groups in total. The summed E-state index contributed by atoms with van der Waals surface area (Å²) >= 11 is 0. The van der Waals surface area contributed by atoms with Crippen LogP contribution in [0.3, 0.4) is 0 Å². The third-order valence-corrected chi connectivity index (χ3v) is 2.79. The van der Waals surface area contributed by atoms with E-state index in [-0.39, 0.29) is 18.2 Å². The molecule has 0 aliphatic rings. The molecule has 1 aromatic heterocycles. The largest absolute Gasteiger partial charge is 0.493 e. The number of benzene rings is 1. The number of hydrogen-bond donors (Lipinski definition) is 1. The van der Waals surface area contributed by atoms with Gasteiger partial charge in [-0.15, -0.1) is 0 Å². The number of rotatable bonds is 5. The lowest BCUT2D eigenvalue weighted by molar-refractivity contribution is 0.202. The van der Waals surface area contributed by atoms with Gasteiger partial charge in [-0.25, -0.2) is 4.79 Å². The van der Waals surface area contributed by atoms with Gasteiger partial charge in [0.25, 0.3) is 0 Å². The minimum absolute atomic E-state index is 0.163. The van der Waals surface area contributed by atoms with Crippen LogP contribution < -0.4 is 10.4 Å². The topological polar surface area (TPSA) is 59.7 Å². The van der Waals surface area contributed by atoms with Gasteiger partial charge < -0.3 is 14.3 Å². The molecule has 0 aliphatic carbocycles. The van der Waals surface area contributed by atoms with Crippen LogP contribution in [0, 0.1) is 5.92 Å². The minimum atomic E-state index is -0.367. The maximum absolute atomic E-state index is 11.1. The lowest BCUT2D eigenvalue weighted by Gasteiger charge is -2.09. The maximum atomic E-state index is 11.1. The summed E-state index contributed by atoms with van der Waals surface area (Å²) in [6, 6.07) is 8.51. The molecule has 2 rings (SSSR count). The fourth-order valence-electron chi connectivity index (χ4n) is 1.60. The minimum Gasteiger partial charge on any atom is -0.493 e. The van der Waals surface area contributed by atoms with Gasteiger partial charge in [0, 0.05) is 24.1 Å². The molecule has 0 saturated carbocycles. The van der Waals surface area contributed by atoms with Crippen molar-refractivity contribution in [3.05, 3.63) is 40.8 Å². The molecular formula is C14H16O4. The predicted molar refractivity (Wildman–Crippen MR) is 68.8 cm³/mol. The predicted octanol–water partition coefficient (Wildman–Crippen LogP) is 2.19. The van der Waals surface area contributed by atoms with Gasteiger partial charge in [0.15, 0.2) is 0 Å². The van der Waals surface area contributed by atoms with Gasteiger partial charge in [-0.1, -0.05) is 6.92 Å². The van der Waals surface area contributed by atoms with Gasteiger partial charge in [0.1, 0.15) is 11.3 Å². The number of ether oxygens (including phenoxy) is 1. The molecular weight excluding hydrogens is 232 g/mol. The summed E-state index contributed by atoms with van der Waals surface area (Å²) in [7, 11) is 0. The molecule has 1 atom stereocenters. The quantitative estimate of drug-likeness (QED) is 0.824. The Labute approximate surface area is 105 Å². The highest BCUT2D eigenvalue weighted by atomic mass is 16.5. The first-order chi connectivity index (χ1) is 8.69. The average Bonchev–Trinajstić information content (AvgIpc) is 2.38. The van der Waals surface area contributed by atoms with Crippen LogP contribution in [0.1, 0.15) is 13.3 Å². The number of aliphatic hydroxyl groups excluding tert-OH is 1. The highest BCUT2D eigenvalue weighted by molar-refractivity contribution is 5.77. The van der Waals surface area contributed by atoms with E-state index in [0.29, 0.717) is 17.9 Å². The Hall–Kier alpha value is -1.81. The fourth-order valence-corrected chi connectivity index (χ4v) is 1.60. The highest BCUT2D eigenvalue weighted by Gasteiger charge is 2.03. The highest BCUT2D eigenvalue weighted by Crippen LogP contribution is 2.19. The van der Waals surface area contributed by atoms with Crippen molar-refractivity contribution in [1.29, 1.82) is 0 Å². The van der Waals surface area contributed by atoms with Crippen molar-refractivity contribution in [3.8, 4) is 5.75 Å². The lowest BCUT2D eigenvalue weighted by atomic mass is 10.1. The Kier molecular flexibility index (Phi) is 3.99. The molecule has 0 saturated heterocycles. The van der Waals surface area contributed by atoms with Crippen molar-refractivity contribution in [2.24, 2.45) is 5.92 Å². The zero-order chi connectivity index (χ0) is 13.0. The van der Waals surface area contributed by atoms with Gasteiger partial charge in [0.05, 0.1) is 6.61 Å². The lowest BCUT2D eigenvalue weighted by Crippen LogP contribution is -2.07. The van der Waals surface area contributed by atoms with Crippen LogP contribution in [0.25, 0.3) is 11.0 Å². The first-order valence-electron chi connectivity index (χ1n) is 5.96. The van der Waals surface area contributed by atoms with Crippen molar-refractivity contribution in [3.63, 3.8) is 0 Å². The monoisotopic (exact) mass is 248 g/mol. The molecule has 18 heavy (non-hydrogen) atoms. The molecule has 96 valence electrons. The Morgan fingerprint density at radius 3 is 2.89 bits per heavy atom. The van der Waals surface area contributed by atoms with Crippen molar-refractivity contribution in [2.45, 2.75) is 13.3 Å². The van der Waals surface area contributed by atoms with Crippen LogP contribution in [0.2, 0.25) is 0 Å². The van der Waals surface area contributed by atoms with E-state index in [1.807, 2.05) is 19.1 Å². The summed E-state index contributed by atoms with van der Waals surface area (Å²) in [6.45, 7) is 2.66. The molecule has 0 aliphatic heterocycles. The number of aliphatic hydroxyl groups is 1. The van der Waals surface area contributed by atoms with Gasteiger partial charge in [-0.05, 0) is 30.5 Å². The summed E-state index contributed by atoms with van der Waals surface area (Å²) in [5.74, 6) is 0.894. The zero-order valence-electron chi connectivity index (χ0n) is 10.3. The summed E-state index contributed by atoms with van der Waals surface area (Å²) in [5.41, 5.74) is 0.156. The van der Waals surface area contributed by atoms with E-state index < -0.39 is 0 Å². The molecule has 4 nitrogen and oxygen atoms in total. The normalized spacial score (nSPS) is 12.6. The van der Waals surface area contributed by atoms with Gasteiger partial charge in [-0.3, -0.25) is 0 Å². The molecule has 0 fully saturated rings. The molecule has 0 radical (unpaired) electrons. The molecule has 4 heteroatoms. The van der Waals surface area contributed by atoms with E-state index in [4.69, 9.17) is 14.3 Å². The van der Waals surface area contributed by atoms with Crippen LogP contribution in [0.15, 0.2) is 39.5 Å². The summed E-state index contributed by atoms with van der Waals surface area (Å²) < 4.78 is 10.6. The van der Waals surface area contributed by atoms with Crippen LogP contribution in [-0.2, 0) is 0 Å². The van der Waals surface area contributed by atoms with Crippen LogP contribution >= 0.6 is 0 Å². The van der Waals surface area contributed by atoms with Crippen LogP contribution in [0.4, 0.5) is 0 Å². The van der Waals surface area contributed by atoms with Gasteiger partial charge >= 0.3 is 5.63 Å². The summed E-state index contributed by atoms with van der Waals surface area (Å²) in [4.78, 5) is 11.1. The van der Waals surface area contributed by atoms with Crippen LogP contribution in [0.5, 0.6) is 5.75 Å². The second-order valence-electron chi connectivity index (χ2n) is 4.38. The third-order valence-electron chi connectivity index (χ3n) is 2.79. The molecule has 1 unspecified atom stereocenters. The molecule has 0 bridgehead atoms. The third kappa shape index (κ3) is 3.11. The second-order valence-corrected chi connectivity index (χ2v) is 4.38. The maximum Gasteiger partial charge on any atom is 0.336 e.